The number of hydrogen-bond acceptors (Lipinski definition) is 5. The molecule has 2 aliphatic rings. The first-order valence-corrected chi connectivity index (χ1v) is 10.4. The average molecular weight is 377 g/mol. The van der Waals surface area contributed by atoms with Gasteiger partial charge >= 0.3 is 0 Å². The predicted octanol–water partition coefficient (Wildman–Crippen LogP) is 4.90. The predicted molar refractivity (Wildman–Crippen MR) is 105 cm³/mol. The minimum Gasteiger partial charge on any atom is -0.314 e. The van der Waals surface area contributed by atoms with Crippen molar-refractivity contribution in [2.75, 3.05) is 15.2 Å². The van der Waals surface area contributed by atoms with Crippen LogP contribution < -0.4 is 13.9 Å². The minimum atomic E-state index is -3.40. The van der Waals surface area contributed by atoms with Gasteiger partial charge in [-0.05, 0) is 68.0 Å². The van der Waals surface area contributed by atoms with E-state index in [2.05, 4.69) is 5.32 Å². The Labute approximate surface area is 155 Å². The Morgan fingerprint density at radius 3 is 2.35 bits per heavy atom. The lowest BCUT2D eigenvalue weighted by atomic mass is 10.2. The van der Waals surface area contributed by atoms with Gasteiger partial charge in [-0.15, -0.1) is 0 Å². The molecule has 1 aliphatic heterocycles. The molecule has 0 amide bonds. The molecule has 3 N–H and O–H groups in total. The molecule has 0 spiro atoms. The molecule has 5 nitrogen and oxygen atoms in total. The summed E-state index contributed by atoms with van der Waals surface area (Å²) in [5.74, 6) is -0.479. The molecule has 1 heterocycles. The van der Waals surface area contributed by atoms with Crippen LogP contribution in [0.2, 0.25) is 0 Å². The number of para-hydroxylation sites is 3. The number of benzene rings is 2. The van der Waals surface area contributed by atoms with Crippen LogP contribution in [0.5, 0.6) is 0 Å². The first-order valence-electron chi connectivity index (χ1n) is 8.95. The highest BCUT2D eigenvalue weighted by atomic mass is 32.3. The molecule has 2 aromatic rings. The Kier molecular flexibility index (Phi) is 4.56. The quantitative estimate of drug-likeness (QED) is 0.669. The summed E-state index contributed by atoms with van der Waals surface area (Å²) in [6.45, 7) is 2.80. The first kappa shape index (κ1) is 17.6. The van der Waals surface area contributed by atoms with Crippen LogP contribution in [-0.2, 0) is 0 Å². The summed E-state index contributed by atoms with van der Waals surface area (Å²) >= 11 is 0. The molecule has 1 saturated carbocycles. The van der Waals surface area contributed by atoms with E-state index in [0.29, 0.717) is 11.7 Å². The van der Waals surface area contributed by atoms with Crippen LogP contribution in [0.4, 0.5) is 21.5 Å². The maximum Gasteiger partial charge on any atom is 0.148 e. The number of halogens is 1. The summed E-state index contributed by atoms with van der Waals surface area (Å²) in [4.78, 5) is 0. The SMILES string of the molecule is CC(CCNC1CC1)N1c2ccccc2N(c2ccccc2F)S1(O)O. The summed E-state index contributed by atoms with van der Waals surface area (Å²) in [5.41, 5.74) is 1.50. The standard InChI is InChI=1S/C19H24FN3O2S/c1-14(12-13-21-15-10-11-15)22-18-8-4-5-9-19(18)23(26(22,24)25)17-7-3-2-6-16(17)20/h2-9,14-15,21,24-25H,10-13H2,1H3. The van der Waals surface area contributed by atoms with Crippen molar-refractivity contribution in [3.8, 4) is 0 Å². The van der Waals surface area contributed by atoms with Crippen LogP contribution >= 0.6 is 11.0 Å². The fourth-order valence-corrected chi connectivity index (χ4v) is 5.44. The monoisotopic (exact) mass is 377 g/mol. The molecule has 0 aromatic heterocycles. The second-order valence-electron chi connectivity index (χ2n) is 6.92. The third kappa shape index (κ3) is 3.05. The number of hydrogen-bond donors (Lipinski definition) is 3. The fraction of sp³-hybridized carbons (Fsp3) is 0.368. The number of fused-ring (bicyclic) bond motifs is 1. The van der Waals surface area contributed by atoms with E-state index in [0.717, 1.165) is 18.7 Å². The highest BCUT2D eigenvalue weighted by molar-refractivity contribution is 8.27. The van der Waals surface area contributed by atoms with Crippen molar-refractivity contribution in [2.24, 2.45) is 0 Å². The summed E-state index contributed by atoms with van der Waals surface area (Å²) in [6, 6.07) is 14.0. The van der Waals surface area contributed by atoms with E-state index < -0.39 is 16.8 Å². The Morgan fingerprint density at radius 1 is 1.08 bits per heavy atom. The topological polar surface area (TPSA) is 59.0 Å². The van der Waals surface area contributed by atoms with E-state index in [4.69, 9.17) is 0 Å². The Bertz CT molecular complexity index is 800. The van der Waals surface area contributed by atoms with Gasteiger partial charge in [0.1, 0.15) is 11.5 Å². The van der Waals surface area contributed by atoms with Gasteiger partial charge in [0.15, 0.2) is 0 Å². The van der Waals surface area contributed by atoms with E-state index >= 15 is 0 Å². The fourth-order valence-electron chi connectivity index (χ4n) is 3.43. The lowest BCUT2D eigenvalue weighted by Crippen LogP contribution is -2.39. The van der Waals surface area contributed by atoms with Crippen molar-refractivity contribution in [3.63, 3.8) is 0 Å². The smallest absolute Gasteiger partial charge is 0.148 e. The van der Waals surface area contributed by atoms with Crippen LogP contribution in [0.1, 0.15) is 26.2 Å². The number of nitrogens with zero attached hydrogens (tertiary/aromatic N) is 2. The average Bonchev–Trinajstić information content (AvgIpc) is 3.38. The van der Waals surface area contributed by atoms with Crippen LogP contribution in [0.25, 0.3) is 0 Å². The highest BCUT2D eigenvalue weighted by Gasteiger charge is 2.44. The van der Waals surface area contributed by atoms with Crippen molar-refractivity contribution in [3.05, 3.63) is 54.3 Å². The van der Waals surface area contributed by atoms with Gasteiger partial charge in [-0.2, -0.15) is 0 Å². The van der Waals surface area contributed by atoms with Crippen LogP contribution in [0, 0.1) is 5.82 Å². The van der Waals surface area contributed by atoms with Crippen molar-refractivity contribution in [2.45, 2.75) is 38.3 Å². The second kappa shape index (κ2) is 6.74. The van der Waals surface area contributed by atoms with Gasteiger partial charge in [0.2, 0.25) is 0 Å². The molecule has 1 aliphatic carbocycles. The maximum atomic E-state index is 14.4. The molecule has 0 bridgehead atoms. The minimum absolute atomic E-state index is 0.107. The van der Waals surface area contributed by atoms with Crippen LogP contribution in [0.15, 0.2) is 48.5 Å². The zero-order chi connectivity index (χ0) is 18.3. The maximum absolute atomic E-state index is 14.4. The Hall–Kier alpha value is -1.80. The second-order valence-corrected chi connectivity index (χ2v) is 8.65. The third-order valence-electron chi connectivity index (χ3n) is 4.89. The van der Waals surface area contributed by atoms with Gasteiger partial charge < -0.3 is 5.32 Å². The largest absolute Gasteiger partial charge is 0.314 e. The van der Waals surface area contributed by atoms with E-state index in [1.807, 2.05) is 25.1 Å². The van der Waals surface area contributed by atoms with Crippen LogP contribution in [0.3, 0.4) is 0 Å². The molecular formula is C19H24FN3O2S. The van der Waals surface area contributed by atoms with Crippen molar-refractivity contribution >= 4 is 28.0 Å². The van der Waals surface area contributed by atoms with Gasteiger partial charge in [-0.25, -0.2) is 13.0 Å². The van der Waals surface area contributed by atoms with E-state index in [1.54, 1.807) is 28.6 Å². The van der Waals surface area contributed by atoms with Gasteiger partial charge in [0, 0.05) is 6.04 Å². The molecule has 0 saturated heterocycles. The summed E-state index contributed by atoms with van der Waals surface area (Å²) < 4.78 is 39.6. The number of anilines is 3. The third-order valence-corrected chi connectivity index (χ3v) is 6.86. The van der Waals surface area contributed by atoms with Crippen molar-refractivity contribution < 1.29 is 13.5 Å². The molecule has 2 aromatic carbocycles. The van der Waals surface area contributed by atoms with Gasteiger partial charge in [0.25, 0.3) is 0 Å². The van der Waals surface area contributed by atoms with Gasteiger partial charge in [-0.1, -0.05) is 24.3 Å². The molecule has 0 radical (unpaired) electrons. The van der Waals surface area contributed by atoms with Crippen molar-refractivity contribution in [1.82, 2.24) is 5.32 Å². The summed E-state index contributed by atoms with van der Waals surface area (Å²) in [5, 5.41) is 3.46. The zero-order valence-electron chi connectivity index (χ0n) is 14.7. The molecule has 1 atom stereocenters. The van der Waals surface area contributed by atoms with E-state index in [1.165, 1.54) is 23.2 Å². The van der Waals surface area contributed by atoms with Gasteiger partial charge in [0.05, 0.1) is 17.4 Å². The molecule has 4 rings (SSSR count). The number of nitrogens with one attached hydrogen (secondary N) is 1. The molecule has 1 fully saturated rings. The number of rotatable bonds is 6. The van der Waals surface area contributed by atoms with Gasteiger partial charge in [-0.3, -0.25) is 9.11 Å². The molecule has 7 heteroatoms. The first-order chi connectivity index (χ1) is 12.5. The molecule has 1 unspecified atom stereocenters. The Morgan fingerprint density at radius 2 is 1.69 bits per heavy atom. The lowest BCUT2D eigenvalue weighted by molar-refractivity contribution is 0.470. The summed E-state index contributed by atoms with van der Waals surface area (Å²) in [7, 11) is -3.40. The summed E-state index contributed by atoms with van der Waals surface area (Å²) in [6.07, 6.45) is 3.21. The molecule has 140 valence electrons. The van der Waals surface area contributed by atoms with Crippen LogP contribution in [-0.4, -0.2) is 27.7 Å². The highest BCUT2D eigenvalue weighted by Crippen LogP contribution is 2.65. The van der Waals surface area contributed by atoms with E-state index in [9.17, 15) is 13.5 Å². The Balaban J connectivity index is 1.67. The van der Waals surface area contributed by atoms with Crippen molar-refractivity contribution in [1.29, 1.82) is 0 Å². The lowest BCUT2D eigenvalue weighted by Gasteiger charge is -2.46. The van der Waals surface area contributed by atoms with E-state index in [-0.39, 0.29) is 11.7 Å². The zero-order valence-corrected chi connectivity index (χ0v) is 15.5. The molecule has 26 heavy (non-hydrogen) atoms. The normalized spacial score (nSPS) is 20.8. The molecular weight excluding hydrogens is 353 g/mol.